The summed E-state index contributed by atoms with van der Waals surface area (Å²) >= 11 is 0. The van der Waals surface area contributed by atoms with Crippen molar-refractivity contribution < 1.29 is 0 Å². The average Bonchev–Trinajstić information content (AvgIpc) is 3.70. The summed E-state index contributed by atoms with van der Waals surface area (Å²) in [4.78, 5) is 2.38. The van der Waals surface area contributed by atoms with Gasteiger partial charge in [0.05, 0.1) is 16.9 Å². The third-order valence-corrected chi connectivity index (χ3v) is 12.5. The summed E-state index contributed by atoms with van der Waals surface area (Å²) in [5.74, 6) is 0. The number of aromatic nitrogens is 1. The minimum absolute atomic E-state index is 1.13. The van der Waals surface area contributed by atoms with E-state index in [4.69, 9.17) is 0 Å². The Hall–Kier alpha value is -8.20. The maximum Gasteiger partial charge on any atom is 0.0620 e. The van der Waals surface area contributed by atoms with Crippen LogP contribution < -0.4 is 4.90 Å². The fourth-order valence-electron chi connectivity index (χ4n) is 9.76. The number of rotatable bonds is 7. The van der Waals surface area contributed by atoms with Crippen molar-refractivity contribution in [2.45, 2.75) is 0 Å². The Morgan fingerprint density at radius 1 is 0.306 bits per heavy atom. The summed E-state index contributed by atoms with van der Waals surface area (Å²) in [7, 11) is 0. The van der Waals surface area contributed by atoms with Gasteiger partial charge in [0.2, 0.25) is 0 Å². The second kappa shape index (κ2) is 14.8. The van der Waals surface area contributed by atoms with E-state index >= 15 is 0 Å². The van der Waals surface area contributed by atoms with E-state index in [9.17, 15) is 0 Å². The molecule has 0 fully saturated rings. The highest BCUT2D eigenvalue weighted by atomic mass is 15.1. The lowest BCUT2D eigenvalue weighted by molar-refractivity contribution is 1.14. The van der Waals surface area contributed by atoms with Gasteiger partial charge in [0.15, 0.2) is 0 Å². The first kappa shape index (κ1) is 35.7. The van der Waals surface area contributed by atoms with Crippen molar-refractivity contribution in [3.05, 3.63) is 243 Å². The molecule has 12 aromatic rings. The Kier molecular flexibility index (Phi) is 8.53. The van der Waals surface area contributed by atoms with E-state index < -0.39 is 0 Å². The lowest BCUT2D eigenvalue weighted by Gasteiger charge is -2.27. The Bertz CT molecular complexity index is 3600. The molecule has 0 saturated carbocycles. The first-order valence-corrected chi connectivity index (χ1v) is 21.3. The molecule has 0 atom stereocenters. The van der Waals surface area contributed by atoms with Crippen molar-refractivity contribution in [3.63, 3.8) is 0 Å². The fourth-order valence-corrected chi connectivity index (χ4v) is 9.76. The molecule has 2 nitrogen and oxygen atoms in total. The first-order chi connectivity index (χ1) is 30.8. The number of hydrogen-bond acceptors (Lipinski definition) is 1. The molecule has 0 aliphatic heterocycles. The lowest BCUT2D eigenvalue weighted by atomic mass is 9.91. The molecule has 0 aliphatic carbocycles. The van der Waals surface area contributed by atoms with Crippen LogP contribution >= 0.6 is 0 Å². The predicted molar refractivity (Wildman–Crippen MR) is 264 cm³/mol. The van der Waals surface area contributed by atoms with Gasteiger partial charge in [0, 0.05) is 38.8 Å². The first-order valence-electron chi connectivity index (χ1n) is 21.3. The Morgan fingerprint density at radius 3 is 1.63 bits per heavy atom. The highest BCUT2D eigenvalue weighted by Crippen LogP contribution is 2.48. The highest BCUT2D eigenvalue weighted by Gasteiger charge is 2.25. The van der Waals surface area contributed by atoms with Gasteiger partial charge in [-0.15, -0.1) is 0 Å². The quantitative estimate of drug-likeness (QED) is 0.146. The molecule has 1 aromatic heterocycles. The van der Waals surface area contributed by atoms with Crippen LogP contribution in [0.2, 0.25) is 0 Å². The molecule has 11 aromatic carbocycles. The van der Waals surface area contributed by atoms with E-state index in [1.807, 2.05) is 0 Å². The standard InChI is InChI=1S/C60H40N2/c1-5-19-42(20-6-1)58-56-40-55(53-29-15-16-30-54(53)60(56)62(48-26-11-4-12-27-48)59(58)43-21-7-2-8-22-43)45-34-36-50-44(38-45)32-33-46-39-49(35-37-51(46)50)61(47-24-9-3-10-25-47)57-31-17-23-41-18-13-14-28-52(41)57/h1-40H. The molecule has 0 N–H and O–H groups in total. The van der Waals surface area contributed by atoms with E-state index in [0.717, 1.165) is 22.7 Å². The van der Waals surface area contributed by atoms with Gasteiger partial charge in [-0.3, -0.25) is 0 Å². The number of hydrogen-bond donors (Lipinski definition) is 0. The van der Waals surface area contributed by atoms with Gasteiger partial charge in [-0.05, 0) is 109 Å². The van der Waals surface area contributed by atoms with Crippen LogP contribution in [0.5, 0.6) is 0 Å². The monoisotopic (exact) mass is 788 g/mol. The SMILES string of the molecule is c1ccc(-c2c(-c3ccccc3)n(-c3ccccc3)c3c2cc(-c2ccc4c(ccc5cc(N(c6ccccc6)c6cccc7ccccc67)ccc54)c2)c2ccccc23)cc1. The zero-order valence-electron chi connectivity index (χ0n) is 34.0. The number of para-hydroxylation sites is 2. The normalized spacial score (nSPS) is 11.5. The van der Waals surface area contributed by atoms with Crippen LogP contribution in [-0.4, -0.2) is 4.57 Å². The third-order valence-electron chi connectivity index (χ3n) is 12.5. The molecule has 0 saturated heterocycles. The average molecular weight is 789 g/mol. The lowest BCUT2D eigenvalue weighted by Crippen LogP contribution is -2.10. The van der Waals surface area contributed by atoms with Gasteiger partial charge < -0.3 is 9.47 Å². The molecular formula is C60H40N2. The summed E-state index contributed by atoms with van der Waals surface area (Å²) in [6.45, 7) is 0. The Morgan fingerprint density at radius 2 is 0.887 bits per heavy atom. The minimum atomic E-state index is 1.13. The van der Waals surface area contributed by atoms with Crippen LogP contribution in [0.15, 0.2) is 243 Å². The summed E-state index contributed by atoms with van der Waals surface area (Å²) in [5, 5.41) is 11.0. The second-order valence-corrected chi connectivity index (χ2v) is 16.1. The van der Waals surface area contributed by atoms with Crippen LogP contribution in [0.1, 0.15) is 0 Å². The van der Waals surface area contributed by atoms with E-state index in [0.29, 0.717) is 0 Å². The molecule has 0 aliphatic rings. The Labute approximate surface area is 360 Å². The Balaban J connectivity index is 1.06. The second-order valence-electron chi connectivity index (χ2n) is 16.1. The number of nitrogens with zero attached hydrogens (tertiary/aromatic N) is 2. The molecule has 0 bridgehead atoms. The number of fused-ring (bicyclic) bond motifs is 7. The van der Waals surface area contributed by atoms with E-state index in [1.165, 1.54) is 87.5 Å². The van der Waals surface area contributed by atoms with Crippen molar-refractivity contribution in [1.29, 1.82) is 0 Å². The largest absolute Gasteiger partial charge is 0.310 e. The maximum atomic E-state index is 2.49. The number of anilines is 3. The molecule has 1 heterocycles. The van der Waals surface area contributed by atoms with Gasteiger partial charge in [-0.25, -0.2) is 0 Å². The van der Waals surface area contributed by atoms with Crippen molar-refractivity contribution in [1.82, 2.24) is 4.57 Å². The topological polar surface area (TPSA) is 8.17 Å². The van der Waals surface area contributed by atoms with Crippen molar-refractivity contribution in [3.8, 4) is 39.2 Å². The van der Waals surface area contributed by atoms with E-state index in [2.05, 4.69) is 252 Å². The van der Waals surface area contributed by atoms with Gasteiger partial charge in [-0.1, -0.05) is 188 Å². The van der Waals surface area contributed by atoms with E-state index in [1.54, 1.807) is 0 Å². The summed E-state index contributed by atoms with van der Waals surface area (Å²) in [6, 6.07) is 88.4. The summed E-state index contributed by atoms with van der Waals surface area (Å²) in [5.41, 5.74) is 13.0. The van der Waals surface area contributed by atoms with Crippen LogP contribution in [0.4, 0.5) is 17.1 Å². The summed E-state index contributed by atoms with van der Waals surface area (Å²) < 4.78 is 2.49. The molecule has 62 heavy (non-hydrogen) atoms. The zero-order chi connectivity index (χ0) is 41.0. The minimum Gasteiger partial charge on any atom is -0.310 e. The molecule has 0 unspecified atom stereocenters. The smallest absolute Gasteiger partial charge is 0.0620 e. The van der Waals surface area contributed by atoms with Gasteiger partial charge in [0.1, 0.15) is 0 Å². The van der Waals surface area contributed by atoms with Crippen molar-refractivity contribution in [2.75, 3.05) is 4.90 Å². The van der Waals surface area contributed by atoms with Crippen LogP contribution in [-0.2, 0) is 0 Å². The van der Waals surface area contributed by atoms with Crippen LogP contribution in [0.25, 0.3) is 93.2 Å². The van der Waals surface area contributed by atoms with Crippen LogP contribution in [0.3, 0.4) is 0 Å². The molecular weight excluding hydrogens is 749 g/mol. The molecule has 12 rings (SSSR count). The molecule has 0 amide bonds. The van der Waals surface area contributed by atoms with E-state index in [-0.39, 0.29) is 0 Å². The van der Waals surface area contributed by atoms with Crippen LogP contribution in [0, 0.1) is 0 Å². The number of benzene rings is 11. The summed E-state index contributed by atoms with van der Waals surface area (Å²) in [6.07, 6.45) is 0. The third kappa shape index (κ3) is 5.88. The van der Waals surface area contributed by atoms with Crippen molar-refractivity contribution in [2.24, 2.45) is 0 Å². The molecule has 290 valence electrons. The van der Waals surface area contributed by atoms with Gasteiger partial charge in [-0.2, -0.15) is 0 Å². The van der Waals surface area contributed by atoms with Gasteiger partial charge in [0.25, 0.3) is 0 Å². The molecule has 2 heteroatoms. The maximum absolute atomic E-state index is 2.49. The zero-order valence-corrected chi connectivity index (χ0v) is 34.0. The molecule has 0 radical (unpaired) electrons. The predicted octanol–water partition coefficient (Wildman–Crippen LogP) is 16.7. The highest BCUT2D eigenvalue weighted by molar-refractivity contribution is 6.20. The fraction of sp³-hybridized carbons (Fsp3) is 0. The van der Waals surface area contributed by atoms with Gasteiger partial charge >= 0.3 is 0 Å². The molecule has 0 spiro atoms. The van der Waals surface area contributed by atoms with Crippen molar-refractivity contribution >= 4 is 71.1 Å².